The molecule has 0 atom stereocenters. The van der Waals surface area contributed by atoms with Crippen molar-refractivity contribution in [2.75, 3.05) is 19.5 Å². The van der Waals surface area contributed by atoms with Gasteiger partial charge in [0.2, 0.25) is 5.91 Å². The molecule has 3 rings (SSSR count). The van der Waals surface area contributed by atoms with Crippen LogP contribution in [0.2, 0.25) is 0 Å². The maximum Gasteiger partial charge on any atom is 0.224 e. The average Bonchev–Trinajstić information content (AvgIpc) is 2.74. The first-order valence-electron chi connectivity index (χ1n) is 9.16. The molecule has 1 aromatic heterocycles. The van der Waals surface area contributed by atoms with E-state index in [4.69, 9.17) is 9.47 Å². The summed E-state index contributed by atoms with van der Waals surface area (Å²) in [6.45, 7) is 0. The number of pyridine rings is 1. The Hall–Kier alpha value is -3.34. The molecule has 0 saturated carbocycles. The number of nitrogens with one attached hydrogen (secondary N) is 1. The van der Waals surface area contributed by atoms with Crippen LogP contribution in [-0.2, 0) is 17.6 Å². The van der Waals surface area contributed by atoms with E-state index in [0.29, 0.717) is 12.8 Å². The molecule has 3 aromatic rings. The normalized spacial score (nSPS) is 10.4. The Morgan fingerprint density at radius 1 is 0.857 bits per heavy atom. The monoisotopic (exact) mass is 376 g/mol. The van der Waals surface area contributed by atoms with Gasteiger partial charge in [-0.25, -0.2) is 0 Å². The van der Waals surface area contributed by atoms with Gasteiger partial charge in [-0.1, -0.05) is 12.1 Å². The fourth-order valence-corrected chi connectivity index (χ4v) is 2.93. The number of nitrogens with zero attached hydrogens (tertiary/aromatic N) is 1. The van der Waals surface area contributed by atoms with Crippen molar-refractivity contribution in [3.05, 3.63) is 83.7 Å². The second-order valence-electron chi connectivity index (χ2n) is 6.50. The number of methoxy groups -OCH3 is 2. The average molecular weight is 376 g/mol. The van der Waals surface area contributed by atoms with E-state index in [0.717, 1.165) is 29.2 Å². The molecule has 0 radical (unpaired) electrons. The van der Waals surface area contributed by atoms with Crippen molar-refractivity contribution >= 4 is 11.6 Å². The molecule has 144 valence electrons. The van der Waals surface area contributed by atoms with Crippen molar-refractivity contribution < 1.29 is 14.3 Å². The smallest absolute Gasteiger partial charge is 0.224 e. The Morgan fingerprint density at radius 3 is 2.07 bits per heavy atom. The van der Waals surface area contributed by atoms with E-state index in [9.17, 15) is 4.79 Å². The fourth-order valence-electron chi connectivity index (χ4n) is 2.93. The van der Waals surface area contributed by atoms with Gasteiger partial charge < -0.3 is 14.8 Å². The largest absolute Gasteiger partial charge is 0.497 e. The number of rotatable bonds is 8. The molecule has 0 bridgehead atoms. The van der Waals surface area contributed by atoms with Crippen LogP contribution in [0, 0.1) is 0 Å². The predicted octanol–water partition coefficient (Wildman–Crippen LogP) is 4.26. The number of hydrogen-bond acceptors (Lipinski definition) is 4. The summed E-state index contributed by atoms with van der Waals surface area (Å²) >= 11 is 0. The molecular weight excluding hydrogens is 352 g/mol. The first-order chi connectivity index (χ1) is 13.7. The molecule has 0 spiro atoms. The molecule has 1 N–H and O–H groups in total. The third-order valence-corrected chi connectivity index (χ3v) is 4.45. The van der Waals surface area contributed by atoms with Crippen LogP contribution in [0.4, 0.5) is 5.69 Å². The summed E-state index contributed by atoms with van der Waals surface area (Å²) in [6, 6.07) is 17.6. The fraction of sp³-hybridized carbons (Fsp3) is 0.217. The van der Waals surface area contributed by atoms with Gasteiger partial charge in [0.15, 0.2) is 0 Å². The Morgan fingerprint density at radius 2 is 1.46 bits per heavy atom. The van der Waals surface area contributed by atoms with Crippen LogP contribution in [0.15, 0.2) is 67.0 Å². The molecule has 0 aliphatic heterocycles. The first kappa shape index (κ1) is 19.4. The van der Waals surface area contributed by atoms with Gasteiger partial charge in [-0.2, -0.15) is 0 Å². The highest BCUT2D eigenvalue weighted by atomic mass is 16.5. The zero-order valence-electron chi connectivity index (χ0n) is 16.1. The Bertz CT molecular complexity index is 887. The Kier molecular flexibility index (Phi) is 6.63. The molecule has 0 aliphatic rings. The lowest BCUT2D eigenvalue weighted by Crippen LogP contribution is -2.12. The lowest BCUT2D eigenvalue weighted by molar-refractivity contribution is -0.116. The van der Waals surface area contributed by atoms with Crippen molar-refractivity contribution in [2.45, 2.75) is 19.3 Å². The third-order valence-electron chi connectivity index (χ3n) is 4.45. The van der Waals surface area contributed by atoms with Crippen LogP contribution < -0.4 is 14.8 Å². The molecule has 0 fully saturated rings. The molecule has 0 aliphatic carbocycles. The van der Waals surface area contributed by atoms with Gasteiger partial charge in [0.05, 0.1) is 14.2 Å². The number of hydrogen-bond donors (Lipinski definition) is 1. The van der Waals surface area contributed by atoms with Gasteiger partial charge in [-0.3, -0.25) is 9.78 Å². The number of aryl methyl sites for hydroxylation is 1. The standard InChI is InChI=1S/C23H24N2O3/c1-27-21-14-19(15-22(16-21)28-2)5-8-23(26)25-20-6-3-17(4-7-20)13-18-9-11-24-12-10-18/h3-4,6-7,9-12,14-16H,5,8,13H2,1-2H3,(H,25,26). The van der Waals surface area contributed by atoms with Crippen molar-refractivity contribution in [3.8, 4) is 11.5 Å². The molecule has 1 heterocycles. The minimum Gasteiger partial charge on any atom is -0.497 e. The van der Waals surface area contributed by atoms with Crippen molar-refractivity contribution in [1.29, 1.82) is 0 Å². The second kappa shape index (κ2) is 9.55. The number of ether oxygens (including phenoxy) is 2. The summed E-state index contributed by atoms with van der Waals surface area (Å²) in [5.41, 5.74) is 4.19. The summed E-state index contributed by atoms with van der Waals surface area (Å²) < 4.78 is 10.5. The number of carbonyl (C=O) groups excluding carboxylic acids is 1. The van der Waals surface area contributed by atoms with Gasteiger partial charge in [0.1, 0.15) is 11.5 Å². The zero-order valence-corrected chi connectivity index (χ0v) is 16.1. The van der Waals surface area contributed by atoms with E-state index < -0.39 is 0 Å². The summed E-state index contributed by atoms with van der Waals surface area (Å²) in [6.07, 6.45) is 5.42. The lowest BCUT2D eigenvalue weighted by atomic mass is 10.1. The van der Waals surface area contributed by atoms with Gasteiger partial charge in [-0.05, 0) is 65.9 Å². The lowest BCUT2D eigenvalue weighted by Gasteiger charge is -2.09. The van der Waals surface area contributed by atoms with Gasteiger partial charge in [-0.15, -0.1) is 0 Å². The molecule has 5 nitrogen and oxygen atoms in total. The number of benzene rings is 2. The topological polar surface area (TPSA) is 60.5 Å². The summed E-state index contributed by atoms with van der Waals surface area (Å²) in [7, 11) is 3.23. The van der Waals surface area contributed by atoms with Crippen LogP contribution >= 0.6 is 0 Å². The SMILES string of the molecule is COc1cc(CCC(=O)Nc2ccc(Cc3ccncc3)cc2)cc(OC)c1. The molecule has 0 unspecified atom stereocenters. The second-order valence-corrected chi connectivity index (χ2v) is 6.50. The maximum absolute atomic E-state index is 12.3. The summed E-state index contributed by atoms with van der Waals surface area (Å²) in [5.74, 6) is 1.42. The molecular formula is C23H24N2O3. The third kappa shape index (κ3) is 5.58. The number of amides is 1. The Balaban J connectivity index is 1.53. The molecule has 5 heteroatoms. The van der Waals surface area contributed by atoms with Crippen molar-refractivity contribution in [2.24, 2.45) is 0 Å². The van der Waals surface area contributed by atoms with E-state index in [2.05, 4.69) is 10.3 Å². The van der Waals surface area contributed by atoms with Gasteiger partial charge in [0.25, 0.3) is 0 Å². The highest BCUT2D eigenvalue weighted by Crippen LogP contribution is 2.23. The zero-order chi connectivity index (χ0) is 19.8. The Labute approximate surface area is 165 Å². The van der Waals surface area contributed by atoms with E-state index in [1.165, 1.54) is 11.1 Å². The van der Waals surface area contributed by atoms with Gasteiger partial charge in [0, 0.05) is 30.6 Å². The number of aromatic nitrogens is 1. The van der Waals surface area contributed by atoms with Crippen LogP contribution in [0.1, 0.15) is 23.1 Å². The number of anilines is 1. The van der Waals surface area contributed by atoms with Crippen molar-refractivity contribution in [1.82, 2.24) is 4.98 Å². The molecule has 2 aromatic carbocycles. The van der Waals surface area contributed by atoms with Crippen molar-refractivity contribution in [3.63, 3.8) is 0 Å². The van der Waals surface area contributed by atoms with Gasteiger partial charge >= 0.3 is 0 Å². The van der Waals surface area contributed by atoms with E-state index >= 15 is 0 Å². The maximum atomic E-state index is 12.3. The van der Waals surface area contributed by atoms with Crippen LogP contribution in [0.5, 0.6) is 11.5 Å². The summed E-state index contributed by atoms with van der Waals surface area (Å²) in [4.78, 5) is 16.3. The highest BCUT2D eigenvalue weighted by Gasteiger charge is 2.07. The summed E-state index contributed by atoms with van der Waals surface area (Å²) in [5, 5.41) is 2.95. The minimum atomic E-state index is -0.0244. The van der Waals surface area contributed by atoms with Crippen LogP contribution in [0.3, 0.4) is 0 Å². The molecule has 0 saturated heterocycles. The first-order valence-corrected chi connectivity index (χ1v) is 9.16. The molecule has 28 heavy (non-hydrogen) atoms. The van der Waals surface area contributed by atoms with Crippen LogP contribution in [-0.4, -0.2) is 25.1 Å². The number of carbonyl (C=O) groups is 1. The van der Waals surface area contributed by atoms with Crippen LogP contribution in [0.25, 0.3) is 0 Å². The quantitative estimate of drug-likeness (QED) is 0.638. The van der Waals surface area contributed by atoms with E-state index in [1.54, 1.807) is 26.6 Å². The highest BCUT2D eigenvalue weighted by molar-refractivity contribution is 5.90. The molecule has 1 amide bonds. The van der Waals surface area contributed by atoms with E-state index in [1.807, 2.05) is 54.6 Å². The van der Waals surface area contributed by atoms with E-state index in [-0.39, 0.29) is 5.91 Å². The minimum absolute atomic E-state index is 0.0244. The predicted molar refractivity (Wildman–Crippen MR) is 110 cm³/mol.